The zero-order valence-corrected chi connectivity index (χ0v) is 19.0. The molecule has 0 spiro atoms. The van der Waals surface area contributed by atoms with Crippen LogP contribution in [0.3, 0.4) is 0 Å². The Labute approximate surface area is 174 Å². The quantitative estimate of drug-likeness (QED) is 0.457. The van der Waals surface area contributed by atoms with Gasteiger partial charge in [0.15, 0.2) is 0 Å². The minimum Gasteiger partial charge on any atom is -0.491 e. The number of rotatable bonds is 9. The first-order valence-electron chi connectivity index (χ1n) is 9.99. The van der Waals surface area contributed by atoms with E-state index in [9.17, 15) is 5.11 Å². The fraction of sp³-hybridized carbons (Fsp3) is 0.500. The number of aliphatic hydroxyl groups excluding tert-OH is 1. The molecule has 154 valence electrons. The van der Waals surface area contributed by atoms with Crippen molar-refractivity contribution < 1.29 is 9.84 Å². The highest BCUT2D eigenvalue weighted by atomic mass is 32.2. The molecule has 0 bridgehead atoms. The van der Waals surface area contributed by atoms with Gasteiger partial charge in [0, 0.05) is 23.7 Å². The molecule has 2 aromatic rings. The van der Waals surface area contributed by atoms with E-state index >= 15 is 0 Å². The van der Waals surface area contributed by atoms with Gasteiger partial charge in [0.05, 0.1) is 0 Å². The van der Waals surface area contributed by atoms with Crippen molar-refractivity contribution in [1.82, 2.24) is 5.32 Å². The minimum atomic E-state index is -0.520. The summed E-state index contributed by atoms with van der Waals surface area (Å²) < 4.78 is 5.82. The van der Waals surface area contributed by atoms with Gasteiger partial charge in [0.2, 0.25) is 0 Å². The highest BCUT2D eigenvalue weighted by Crippen LogP contribution is 2.27. The molecule has 2 aromatic carbocycles. The average Bonchev–Trinajstić information content (AvgIpc) is 2.62. The van der Waals surface area contributed by atoms with Crippen LogP contribution in [0.2, 0.25) is 0 Å². The maximum absolute atomic E-state index is 10.2. The standard InChI is InChI=1S/C24H35NO2S/c1-17-7-9-22(14-18(17)2)28-12-11-25-15-21(26)16-27-23-10-8-20(13-19(23)3)24(4,5)6/h7-10,13-14,21,25-26H,11-12,15-16H2,1-6H3/t21-/m0/s1. The molecule has 1 atom stereocenters. The second kappa shape index (κ2) is 10.3. The molecule has 0 aliphatic heterocycles. The van der Waals surface area contributed by atoms with E-state index in [4.69, 9.17) is 4.74 Å². The third kappa shape index (κ3) is 7.16. The first-order valence-corrected chi connectivity index (χ1v) is 11.0. The summed E-state index contributed by atoms with van der Waals surface area (Å²) in [7, 11) is 0. The highest BCUT2D eigenvalue weighted by molar-refractivity contribution is 7.99. The monoisotopic (exact) mass is 401 g/mol. The second-order valence-corrected chi connectivity index (χ2v) is 9.66. The molecule has 28 heavy (non-hydrogen) atoms. The van der Waals surface area contributed by atoms with Gasteiger partial charge in [-0.25, -0.2) is 0 Å². The van der Waals surface area contributed by atoms with E-state index in [0.717, 1.165) is 23.6 Å². The lowest BCUT2D eigenvalue weighted by Gasteiger charge is -2.21. The van der Waals surface area contributed by atoms with Crippen LogP contribution in [0.15, 0.2) is 41.3 Å². The molecular formula is C24H35NO2S. The van der Waals surface area contributed by atoms with E-state index in [1.165, 1.54) is 21.6 Å². The SMILES string of the molecule is Cc1ccc(SCCNC[C@H](O)COc2ccc(C(C)(C)C)cc2C)cc1C. The number of aryl methyl sites for hydroxylation is 3. The Bertz CT molecular complexity index is 768. The van der Waals surface area contributed by atoms with Crippen LogP contribution in [0.5, 0.6) is 5.75 Å². The molecule has 0 saturated carbocycles. The van der Waals surface area contributed by atoms with Crippen molar-refractivity contribution in [2.75, 3.05) is 25.4 Å². The summed E-state index contributed by atoms with van der Waals surface area (Å²) in [6.45, 7) is 14.6. The van der Waals surface area contributed by atoms with Gasteiger partial charge in [0.1, 0.15) is 18.5 Å². The number of thioether (sulfide) groups is 1. The van der Waals surface area contributed by atoms with E-state index in [1.54, 1.807) is 0 Å². The van der Waals surface area contributed by atoms with Gasteiger partial charge in [-0.15, -0.1) is 11.8 Å². The Balaban J connectivity index is 1.67. The van der Waals surface area contributed by atoms with Gasteiger partial charge in [-0.1, -0.05) is 39.0 Å². The molecule has 2 rings (SSSR count). The smallest absolute Gasteiger partial charge is 0.122 e. The van der Waals surface area contributed by atoms with Gasteiger partial charge < -0.3 is 15.2 Å². The molecule has 0 heterocycles. The molecule has 2 N–H and O–H groups in total. The van der Waals surface area contributed by atoms with Crippen molar-refractivity contribution in [2.45, 2.75) is 58.0 Å². The van der Waals surface area contributed by atoms with Crippen LogP contribution in [0.4, 0.5) is 0 Å². The molecule has 0 saturated heterocycles. The van der Waals surface area contributed by atoms with Gasteiger partial charge in [0.25, 0.3) is 0 Å². The Kier molecular flexibility index (Phi) is 8.41. The summed E-state index contributed by atoms with van der Waals surface area (Å²) >= 11 is 1.83. The molecule has 0 aliphatic carbocycles. The van der Waals surface area contributed by atoms with Crippen LogP contribution >= 0.6 is 11.8 Å². The first kappa shape index (κ1) is 22.8. The van der Waals surface area contributed by atoms with Crippen molar-refractivity contribution in [1.29, 1.82) is 0 Å². The van der Waals surface area contributed by atoms with E-state index in [1.807, 2.05) is 17.8 Å². The number of benzene rings is 2. The van der Waals surface area contributed by atoms with Crippen molar-refractivity contribution in [2.24, 2.45) is 0 Å². The lowest BCUT2D eigenvalue weighted by atomic mass is 9.86. The van der Waals surface area contributed by atoms with Crippen LogP contribution in [0.1, 0.15) is 43.0 Å². The van der Waals surface area contributed by atoms with E-state index < -0.39 is 6.10 Å². The number of hydrogen-bond acceptors (Lipinski definition) is 4. The third-order valence-corrected chi connectivity index (χ3v) is 5.87. The van der Waals surface area contributed by atoms with Crippen molar-refractivity contribution in [3.05, 3.63) is 58.7 Å². The Morgan fingerprint density at radius 2 is 1.75 bits per heavy atom. The third-order valence-electron chi connectivity index (χ3n) is 4.88. The topological polar surface area (TPSA) is 41.5 Å². The Hall–Kier alpha value is -1.49. The molecule has 0 radical (unpaired) electrons. The highest BCUT2D eigenvalue weighted by Gasteiger charge is 2.15. The summed E-state index contributed by atoms with van der Waals surface area (Å²) in [5.74, 6) is 1.82. The number of ether oxygens (including phenoxy) is 1. The predicted molar refractivity (Wildman–Crippen MR) is 121 cm³/mol. The normalized spacial score (nSPS) is 12.8. The fourth-order valence-electron chi connectivity index (χ4n) is 2.84. The fourth-order valence-corrected chi connectivity index (χ4v) is 3.74. The maximum atomic E-state index is 10.2. The van der Waals surface area contributed by atoms with Crippen LogP contribution in [0.25, 0.3) is 0 Å². The molecule has 3 nitrogen and oxygen atoms in total. The average molecular weight is 402 g/mol. The molecule has 4 heteroatoms. The summed E-state index contributed by atoms with van der Waals surface area (Å²) in [6, 6.07) is 12.9. The largest absolute Gasteiger partial charge is 0.491 e. The van der Waals surface area contributed by atoms with E-state index in [0.29, 0.717) is 13.2 Å². The molecule has 0 aromatic heterocycles. The number of hydrogen-bond donors (Lipinski definition) is 2. The summed E-state index contributed by atoms with van der Waals surface area (Å²) in [6.07, 6.45) is -0.520. The number of nitrogens with one attached hydrogen (secondary N) is 1. The van der Waals surface area contributed by atoms with Crippen LogP contribution in [0, 0.1) is 20.8 Å². The van der Waals surface area contributed by atoms with E-state index in [-0.39, 0.29) is 5.41 Å². The molecule has 0 fully saturated rings. The zero-order chi connectivity index (χ0) is 20.7. The van der Waals surface area contributed by atoms with Gasteiger partial charge in [-0.05, 0) is 66.6 Å². The zero-order valence-electron chi connectivity index (χ0n) is 18.1. The van der Waals surface area contributed by atoms with Crippen LogP contribution < -0.4 is 10.1 Å². The molecule has 0 amide bonds. The van der Waals surface area contributed by atoms with Crippen molar-refractivity contribution >= 4 is 11.8 Å². The molecule has 0 unspecified atom stereocenters. The van der Waals surface area contributed by atoms with Gasteiger partial charge in [-0.3, -0.25) is 0 Å². The van der Waals surface area contributed by atoms with Crippen LogP contribution in [-0.4, -0.2) is 36.7 Å². The predicted octanol–water partition coefficient (Wildman–Crippen LogP) is 5.03. The lowest BCUT2D eigenvalue weighted by Crippen LogP contribution is -2.32. The lowest BCUT2D eigenvalue weighted by molar-refractivity contribution is 0.106. The van der Waals surface area contributed by atoms with E-state index in [2.05, 4.69) is 77.2 Å². The molecular weight excluding hydrogens is 366 g/mol. The van der Waals surface area contributed by atoms with Gasteiger partial charge in [-0.2, -0.15) is 0 Å². The van der Waals surface area contributed by atoms with Gasteiger partial charge >= 0.3 is 0 Å². The Morgan fingerprint density at radius 1 is 1.00 bits per heavy atom. The van der Waals surface area contributed by atoms with Crippen molar-refractivity contribution in [3.63, 3.8) is 0 Å². The maximum Gasteiger partial charge on any atom is 0.122 e. The summed E-state index contributed by atoms with van der Waals surface area (Å²) in [5.41, 5.74) is 5.19. The second-order valence-electron chi connectivity index (χ2n) is 8.49. The minimum absolute atomic E-state index is 0.127. The van der Waals surface area contributed by atoms with Crippen LogP contribution in [-0.2, 0) is 5.41 Å². The Morgan fingerprint density at radius 3 is 2.39 bits per heavy atom. The number of aliphatic hydroxyl groups is 1. The molecule has 0 aliphatic rings. The summed E-state index contributed by atoms with van der Waals surface area (Å²) in [5, 5.41) is 13.5. The summed E-state index contributed by atoms with van der Waals surface area (Å²) in [4.78, 5) is 1.29. The van der Waals surface area contributed by atoms with Crippen molar-refractivity contribution in [3.8, 4) is 5.75 Å². The first-order chi connectivity index (χ1) is 13.2.